The molecule has 1 aromatic carbocycles. The Morgan fingerprint density at radius 1 is 1.18 bits per heavy atom. The lowest BCUT2D eigenvalue weighted by atomic mass is 10.0. The van der Waals surface area contributed by atoms with E-state index in [0.717, 1.165) is 17.7 Å². The van der Waals surface area contributed by atoms with Gasteiger partial charge in [-0.1, -0.05) is 6.07 Å². The predicted octanol–water partition coefficient (Wildman–Crippen LogP) is 2.51. The molecule has 0 radical (unpaired) electrons. The summed E-state index contributed by atoms with van der Waals surface area (Å²) in [6.45, 7) is 9.11. The van der Waals surface area contributed by atoms with Crippen LogP contribution in [0.3, 0.4) is 0 Å². The van der Waals surface area contributed by atoms with Crippen LogP contribution in [0.4, 0.5) is 5.69 Å². The van der Waals surface area contributed by atoms with Crippen molar-refractivity contribution in [3.05, 3.63) is 28.8 Å². The van der Waals surface area contributed by atoms with Crippen LogP contribution in [0.1, 0.15) is 35.3 Å². The molecule has 0 spiro atoms. The fraction of sp³-hybridized carbons (Fsp3) is 0.529. The summed E-state index contributed by atoms with van der Waals surface area (Å²) in [5.74, 6) is -0.516. The van der Waals surface area contributed by atoms with Gasteiger partial charge in [0.2, 0.25) is 0 Å². The van der Waals surface area contributed by atoms with Gasteiger partial charge in [-0.25, -0.2) is 4.79 Å². The predicted molar refractivity (Wildman–Crippen MR) is 88.0 cm³/mol. The normalized spacial score (nSPS) is 11.2. The van der Waals surface area contributed by atoms with Gasteiger partial charge >= 0.3 is 5.97 Å². The number of rotatable bonds is 6. The molecule has 0 aliphatic rings. The molecule has 0 aliphatic carbocycles. The molecule has 0 unspecified atom stereocenters. The molecule has 0 aliphatic heterocycles. The van der Waals surface area contributed by atoms with Gasteiger partial charge in [-0.2, -0.15) is 0 Å². The molecule has 0 fully saturated rings. The maximum atomic E-state index is 12.3. The van der Waals surface area contributed by atoms with Gasteiger partial charge in [-0.15, -0.1) is 0 Å². The number of anilines is 1. The number of amides is 1. The number of likely N-dealkylation sites (N-methyl/N-ethyl adjacent to an activating group) is 1. The second-order valence-electron chi connectivity index (χ2n) is 6.18. The van der Waals surface area contributed by atoms with Crippen LogP contribution in [0.25, 0.3) is 0 Å². The number of aryl methyl sites for hydroxylation is 2. The molecule has 1 amide bonds. The maximum Gasteiger partial charge on any atom is 0.340 e. The highest BCUT2D eigenvalue weighted by molar-refractivity contribution is 6.02. The first-order valence-corrected chi connectivity index (χ1v) is 7.60. The first-order chi connectivity index (χ1) is 10.2. The number of benzene rings is 1. The van der Waals surface area contributed by atoms with E-state index in [2.05, 4.69) is 5.32 Å². The molecule has 122 valence electrons. The van der Waals surface area contributed by atoms with E-state index >= 15 is 0 Å². The van der Waals surface area contributed by atoms with Gasteiger partial charge in [0.25, 0.3) is 5.91 Å². The Kier molecular flexibility index (Phi) is 6.11. The number of nitrogens with one attached hydrogen (secondary N) is 1. The Morgan fingerprint density at radius 3 is 2.36 bits per heavy atom. The van der Waals surface area contributed by atoms with Crippen LogP contribution >= 0.6 is 0 Å². The Bertz CT molecular complexity index is 565. The standard InChI is InChI=1S/C17H26N2O3/c1-7-19(5,6)11-15(20)18-16-13(4)9-12(3)10-14(16)17(21)22-8-2/h9-10H,7-8,11H2,1-6H3/p+1. The molecule has 0 aromatic heterocycles. The molecule has 5 nitrogen and oxygen atoms in total. The Labute approximate surface area is 132 Å². The summed E-state index contributed by atoms with van der Waals surface area (Å²) in [7, 11) is 3.99. The molecule has 0 heterocycles. The second kappa shape index (κ2) is 7.40. The number of ether oxygens (including phenoxy) is 1. The summed E-state index contributed by atoms with van der Waals surface area (Å²) < 4.78 is 5.68. The van der Waals surface area contributed by atoms with Crippen LogP contribution in [0.15, 0.2) is 12.1 Å². The third-order valence-corrected chi connectivity index (χ3v) is 3.67. The van der Waals surface area contributed by atoms with E-state index in [1.165, 1.54) is 0 Å². The highest BCUT2D eigenvalue weighted by Gasteiger charge is 2.21. The van der Waals surface area contributed by atoms with Gasteiger partial charge in [-0.3, -0.25) is 4.79 Å². The van der Waals surface area contributed by atoms with Gasteiger partial charge in [-0.05, 0) is 44.9 Å². The number of carbonyl (C=O) groups is 2. The Balaban J connectivity index is 3.08. The first kappa shape index (κ1) is 18.2. The van der Waals surface area contributed by atoms with E-state index < -0.39 is 5.97 Å². The van der Waals surface area contributed by atoms with Crippen molar-refractivity contribution in [3.8, 4) is 0 Å². The molecule has 0 saturated heterocycles. The number of nitrogens with zero attached hydrogens (tertiary/aromatic N) is 1. The molecule has 0 saturated carbocycles. The minimum atomic E-state index is -0.408. The van der Waals surface area contributed by atoms with Crippen molar-refractivity contribution in [1.29, 1.82) is 0 Å². The lowest BCUT2D eigenvalue weighted by Crippen LogP contribution is -2.45. The smallest absolute Gasteiger partial charge is 0.340 e. The van der Waals surface area contributed by atoms with Crippen LogP contribution in [0.2, 0.25) is 0 Å². The van der Waals surface area contributed by atoms with Gasteiger partial charge in [0.15, 0.2) is 6.54 Å². The summed E-state index contributed by atoms with van der Waals surface area (Å²) in [5.41, 5.74) is 2.78. The number of quaternary nitrogens is 1. The SMILES string of the molecule is CCOC(=O)c1cc(C)cc(C)c1NC(=O)C[N+](C)(C)CC. The van der Waals surface area contributed by atoms with Gasteiger partial charge in [0.1, 0.15) is 0 Å². The largest absolute Gasteiger partial charge is 0.462 e. The third kappa shape index (κ3) is 4.84. The molecule has 0 atom stereocenters. The monoisotopic (exact) mass is 307 g/mol. The third-order valence-electron chi connectivity index (χ3n) is 3.67. The fourth-order valence-corrected chi connectivity index (χ4v) is 2.18. The van der Waals surface area contributed by atoms with Crippen molar-refractivity contribution in [1.82, 2.24) is 0 Å². The molecule has 1 rings (SSSR count). The number of hydrogen-bond acceptors (Lipinski definition) is 3. The van der Waals surface area contributed by atoms with E-state index in [4.69, 9.17) is 4.74 Å². The quantitative estimate of drug-likeness (QED) is 0.649. The van der Waals surface area contributed by atoms with E-state index in [9.17, 15) is 9.59 Å². The minimum Gasteiger partial charge on any atom is -0.462 e. The average molecular weight is 307 g/mol. The number of esters is 1. The Morgan fingerprint density at radius 2 is 1.82 bits per heavy atom. The van der Waals surface area contributed by atoms with E-state index in [1.54, 1.807) is 13.0 Å². The van der Waals surface area contributed by atoms with Crippen LogP contribution in [0, 0.1) is 13.8 Å². The first-order valence-electron chi connectivity index (χ1n) is 7.60. The minimum absolute atomic E-state index is 0.107. The topological polar surface area (TPSA) is 55.4 Å². The van der Waals surface area contributed by atoms with Crippen molar-refractivity contribution in [2.45, 2.75) is 27.7 Å². The molecule has 1 aromatic rings. The van der Waals surface area contributed by atoms with Crippen LogP contribution in [0.5, 0.6) is 0 Å². The van der Waals surface area contributed by atoms with E-state index in [0.29, 0.717) is 28.9 Å². The lowest BCUT2D eigenvalue weighted by Gasteiger charge is -2.27. The summed E-state index contributed by atoms with van der Waals surface area (Å²) in [5, 5.41) is 2.88. The zero-order valence-electron chi connectivity index (χ0n) is 14.4. The van der Waals surface area contributed by atoms with Crippen LogP contribution in [-0.4, -0.2) is 50.2 Å². The van der Waals surface area contributed by atoms with Crippen molar-refractivity contribution in [3.63, 3.8) is 0 Å². The molecular formula is C17H27N2O3+. The van der Waals surface area contributed by atoms with Crippen molar-refractivity contribution in [2.75, 3.05) is 39.1 Å². The second-order valence-corrected chi connectivity index (χ2v) is 6.18. The van der Waals surface area contributed by atoms with Crippen molar-refractivity contribution >= 4 is 17.6 Å². The number of hydrogen-bond donors (Lipinski definition) is 1. The zero-order chi connectivity index (χ0) is 16.9. The molecule has 5 heteroatoms. The maximum absolute atomic E-state index is 12.3. The summed E-state index contributed by atoms with van der Waals surface area (Å²) in [6, 6.07) is 3.69. The molecule has 1 N–H and O–H groups in total. The fourth-order valence-electron chi connectivity index (χ4n) is 2.18. The summed E-state index contributed by atoms with van der Waals surface area (Å²) >= 11 is 0. The molecular weight excluding hydrogens is 280 g/mol. The Hall–Kier alpha value is -1.88. The van der Waals surface area contributed by atoms with Crippen molar-refractivity contribution in [2.24, 2.45) is 0 Å². The van der Waals surface area contributed by atoms with Gasteiger partial charge in [0.05, 0.1) is 38.5 Å². The summed E-state index contributed by atoms with van der Waals surface area (Å²) in [6.07, 6.45) is 0. The summed E-state index contributed by atoms with van der Waals surface area (Å²) in [4.78, 5) is 24.4. The highest BCUT2D eigenvalue weighted by Crippen LogP contribution is 2.24. The van der Waals surface area contributed by atoms with Crippen LogP contribution < -0.4 is 5.32 Å². The van der Waals surface area contributed by atoms with Gasteiger partial charge < -0.3 is 14.5 Å². The van der Waals surface area contributed by atoms with E-state index in [1.807, 2.05) is 40.9 Å². The van der Waals surface area contributed by atoms with E-state index in [-0.39, 0.29) is 5.91 Å². The number of carbonyl (C=O) groups excluding carboxylic acids is 2. The van der Waals surface area contributed by atoms with Gasteiger partial charge in [0, 0.05) is 0 Å². The zero-order valence-corrected chi connectivity index (χ0v) is 14.4. The van der Waals surface area contributed by atoms with Crippen molar-refractivity contribution < 1.29 is 18.8 Å². The lowest BCUT2D eigenvalue weighted by molar-refractivity contribution is -0.880. The highest BCUT2D eigenvalue weighted by atomic mass is 16.5. The average Bonchev–Trinajstić information content (AvgIpc) is 2.41. The molecule has 22 heavy (non-hydrogen) atoms. The molecule has 0 bridgehead atoms. The van der Waals surface area contributed by atoms with Crippen LogP contribution in [-0.2, 0) is 9.53 Å².